The van der Waals surface area contributed by atoms with Crippen molar-refractivity contribution in [2.75, 3.05) is 7.11 Å². The molecule has 0 N–H and O–H groups in total. The van der Waals surface area contributed by atoms with Gasteiger partial charge >= 0.3 is 0 Å². The molecule has 19 heavy (non-hydrogen) atoms. The van der Waals surface area contributed by atoms with Crippen molar-refractivity contribution in [3.63, 3.8) is 0 Å². The van der Waals surface area contributed by atoms with Gasteiger partial charge in [-0.15, -0.1) is 0 Å². The predicted octanol–water partition coefficient (Wildman–Crippen LogP) is 5.63. The van der Waals surface area contributed by atoms with E-state index in [-0.39, 0.29) is 10.6 Å². The van der Waals surface area contributed by atoms with Crippen molar-refractivity contribution in [3.8, 4) is 5.75 Å². The summed E-state index contributed by atoms with van der Waals surface area (Å²) in [6.45, 7) is 0. The van der Waals surface area contributed by atoms with Crippen molar-refractivity contribution in [1.29, 1.82) is 0 Å². The molecule has 2 rings (SSSR count). The molecule has 2 aromatic rings. The Morgan fingerprint density at radius 1 is 1.16 bits per heavy atom. The Morgan fingerprint density at radius 2 is 1.89 bits per heavy atom. The maximum Gasteiger partial charge on any atom is 0.131 e. The van der Waals surface area contributed by atoms with E-state index in [0.717, 1.165) is 5.56 Å². The van der Waals surface area contributed by atoms with Gasteiger partial charge in [0.25, 0.3) is 0 Å². The lowest BCUT2D eigenvalue weighted by Crippen LogP contribution is -1.98. The summed E-state index contributed by atoms with van der Waals surface area (Å²) in [5.74, 6) is 0.107. The maximum atomic E-state index is 14.0. The van der Waals surface area contributed by atoms with Crippen molar-refractivity contribution in [1.82, 2.24) is 0 Å². The van der Waals surface area contributed by atoms with Gasteiger partial charge in [-0.05, 0) is 17.7 Å². The molecule has 1 nitrogen and oxygen atoms in total. The number of methoxy groups -OCH3 is 1. The Hall–Kier alpha value is -0.770. The second-order valence-corrected chi connectivity index (χ2v) is 5.59. The van der Waals surface area contributed by atoms with E-state index in [2.05, 4.69) is 15.9 Å². The summed E-state index contributed by atoms with van der Waals surface area (Å²) in [5.41, 5.74) is 1.20. The minimum atomic E-state index is -0.371. The van der Waals surface area contributed by atoms with Crippen LogP contribution >= 0.6 is 39.1 Å². The van der Waals surface area contributed by atoms with Gasteiger partial charge in [0.15, 0.2) is 0 Å². The highest BCUT2D eigenvalue weighted by Crippen LogP contribution is 2.39. The standard InChI is InChI=1S/C14H10BrCl2FO/c1-19-8-5-6-9(12(18)7-8)13(15)10-3-2-4-11(16)14(10)17/h2-7,13H,1H3. The average molecular weight is 364 g/mol. The number of alkyl halides is 1. The first-order valence-corrected chi connectivity index (χ1v) is 7.13. The monoisotopic (exact) mass is 362 g/mol. The number of hydrogen-bond donors (Lipinski definition) is 0. The van der Waals surface area contributed by atoms with Crippen LogP contribution < -0.4 is 4.74 Å². The molecule has 0 aromatic heterocycles. The SMILES string of the molecule is COc1ccc(C(Br)c2cccc(Cl)c2Cl)c(F)c1. The van der Waals surface area contributed by atoms with E-state index >= 15 is 0 Å². The van der Waals surface area contributed by atoms with Gasteiger partial charge in [0.05, 0.1) is 22.0 Å². The lowest BCUT2D eigenvalue weighted by Gasteiger charge is -2.14. The van der Waals surface area contributed by atoms with Gasteiger partial charge in [-0.25, -0.2) is 4.39 Å². The van der Waals surface area contributed by atoms with Crippen LogP contribution in [-0.2, 0) is 0 Å². The highest BCUT2D eigenvalue weighted by atomic mass is 79.9. The Bertz CT molecular complexity index is 604. The van der Waals surface area contributed by atoms with Gasteiger partial charge in [-0.1, -0.05) is 57.3 Å². The van der Waals surface area contributed by atoms with Crippen LogP contribution in [0.4, 0.5) is 4.39 Å². The third kappa shape index (κ3) is 3.04. The van der Waals surface area contributed by atoms with Crippen LogP contribution in [0, 0.1) is 5.82 Å². The van der Waals surface area contributed by atoms with E-state index in [0.29, 0.717) is 21.4 Å². The molecule has 0 saturated heterocycles. The molecule has 0 spiro atoms. The van der Waals surface area contributed by atoms with Gasteiger partial charge in [-0.3, -0.25) is 0 Å². The number of hydrogen-bond acceptors (Lipinski definition) is 1. The van der Waals surface area contributed by atoms with Crippen LogP contribution in [0.3, 0.4) is 0 Å². The summed E-state index contributed by atoms with van der Waals surface area (Å²) in [7, 11) is 1.49. The van der Waals surface area contributed by atoms with Crippen molar-refractivity contribution >= 4 is 39.1 Å². The van der Waals surface area contributed by atoms with Crippen molar-refractivity contribution in [2.45, 2.75) is 4.83 Å². The lowest BCUT2D eigenvalue weighted by molar-refractivity contribution is 0.411. The summed E-state index contributed by atoms with van der Waals surface area (Å²) in [6.07, 6.45) is 0. The van der Waals surface area contributed by atoms with Gasteiger partial charge in [0.1, 0.15) is 11.6 Å². The summed E-state index contributed by atoms with van der Waals surface area (Å²) in [6, 6.07) is 9.96. The minimum absolute atomic E-state index is 0.364. The molecule has 0 heterocycles. The molecule has 0 fully saturated rings. The first-order valence-electron chi connectivity index (χ1n) is 5.46. The fraction of sp³-hybridized carbons (Fsp3) is 0.143. The maximum absolute atomic E-state index is 14.0. The summed E-state index contributed by atoms with van der Waals surface area (Å²) >= 11 is 15.6. The molecule has 0 radical (unpaired) electrons. The molecular weight excluding hydrogens is 354 g/mol. The minimum Gasteiger partial charge on any atom is -0.497 e. The van der Waals surface area contributed by atoms with E-state index in [4.69, 9.17) is 27.9 Å². The van der Waals surface area contributed by atoms with Crippen LogP contribution in [0.5, 0.6) is 5.75 Å². The fourth-order valence-corrected chi connectivity index (χ4v) is 3.03. The second-order valence-electron chi connectivity index (χ2n) is 3.89. The topological polar surface area (TPSA) is 9.23 Å². The predicted molar refractivity (Wildman–Crippen MR) is 80.2 cm³/mol. The average Bonchev–Trinajstić information content (AvgIpc) is 2.41. The largest absolute Gasteiger partial charge is 0.497 e. The molecule has 0 aliphatic heterocycles. The number of rotatable bonds is 3. The molecule has 100 valence electrons. The molecule has 0 aliphatic carbocycles. The van der Waals surface area contributed by atoms with Crippen molar-refractivity contribution in [2.24, 2.45) is 0 Å². The first-order chi connectivity index (χ1) is 9.04. The highest BCUT2D eigenvalue weighted by molar-refractivity contribution is 9.09. The van der Waals surface area contributed by atoms with E-state index in [1.54, 1.807) is 30.3 Å². The molecule has 5 heteroatoms. The third-order valence-electron chi connectivity index (χ3n) is 2.74. The Labute approximate surface area is 129 Å². The van der Waals surface area contributed by atoms with Crippen molar-refractivity contribution in [3.05, 3.63) is 63.4 Å². The quantitative estimate of drug-likeness (QED) is 0.642. The highest BCUT2D eigenvalue weighted by Gasteiger charge is 2.19. The molecule has 0 aliphatic rings. The van der Waals surface area contributed by atoms with E-state index in [1.165, 1.54) is 13.2 Å². The Kier molecular flexibility index (Phi) is 4.71. The van der Waals surface area contributed by atoms with Crippen LogP contribution in [0.2, 0.25) is 10.0 Å². The summed E-state index contributed by atoms with van der Waals surface area (Å²) in [5, 5.41) is 0.860. The number of ether oxygens (including phenoxy) is 1. The molecule has 0 amide bonds. The smallest absolute Gasteiger partial charge is 0.131 e. The molecule has 1 unspecified atom stereocenters. The van der Waals surface area contributed by atoms with Crippen LogP contribution in [0.25, 0.3) is 0 Å². The Balaban J connectivity index is 2.44. The zero-order valence-corrected chi connectivity index (χ0v) is 13.1. The van der Waals surface area contributed by atoms with Gasteiger partial charge in [0.2, 0.25) is 0 Å². The molecule has 1 atom stereocenters. The lowest BCUT2D eigenvalue weighted by atomic mass is 10.0. The van der Waals surface area contributed by atoms with Gasteiger partial charge in [-0.2, -0.15) is 0 Å². The zero-order valence-electron chi connectivity index (χ0n) is 9.96. The first kappa shape index (κ1) is 14.6. The van der Waals surface area contributed by atoms with E-state index in [9.17, 15) is 4.39 Å². The third-order valence-corrected chi connectivity index (χ3v) is 4.56. The van der Waals surface area contributed by atoms with E-state index < -0.39 is 0 Å². The summed E-state index contributed by atoms with van der Waals surface area (Å²) < 4.78 is 19.0. The normalized spacial score (nSPS) is 12.3. The van der Waals surface area contributed by atoms with Crippen molar-refractivity contribution < 1.29 is 9.13 Å². The van der Waals surface area contributed by atoms with Gasteiger partial charge < -0.3 is 4.74 Å². The van der Waals surface area contributed by atoms with Crippen LogP contribution in [0.15, 0.2) is 36.4 Å². The number of halogens is 4. The van der Waals surface area contributed by atoms with Crippen LogP contribution in [-0.4, -0.2) is 7.11 Å². The summed E-state index contributed by atoms with van der Waals surface area (Å²) in [4.78, 5) is -0.371. The zero-order chi connectivity index (χ0) is 14.0. The second kappa shape index (κ2) is 6.12. The molecule has 0 bridgehead atoms. The molecule has 2 aromatic carbocycles. The van der Waals surface area contributed by atoms with E-state index in [1.807, 2.05) is 0 Å². The van der Waals surface area contributed by atoms with Gasteiger partial charge in [0, 0.05) is 11.6 Å². The van der Waals surface area contributed by atoms with Crippen LogP contribution in [0.1, 0.15) is 16.0 Å². The number of benzene rings is 2. The fourth-order valence-electron chi connectivity index (χ4n) is 1.72. The Morgan fingerprint density at radius 3 is 2.53 bits per heavy atom. The molecule has 0 saturated carbocycles. The molecular formula is C14H10BrCl2FO.